The molecule has 0 amide bonds. The molecular weight excluding hydrogens is 288 g/mol. The predicted octanol–water partition coefficient (Wildman–Crippen LogP) is 1.21. The molecule has 2 N–H and O–H groups in total. The zero-order valence-corrected chi connectivity index (χ0v) is 13.3. The summed E-state index contributed by atoms with van der Waals surface area (Å²) in [6, 6.07) is 0.310. The first-order valence-electron chi connectivity index (χ1n) is 7.19. The first-order chi connectivity index (χ1) is 10.1. The van der Waals surface area contributed by atoms with Gasteiger partial charge in [-0.05, 0) is 38.1 Å². The fraction of sp³-hybridized carbons (Fsp3) is 0.615. The molecule has 0 radical (unpaired) electrons. The minimum atomic E-state index is -0.118. The van der Waals surface area contributed by atoms with Crippen LogP contribution in [0.3, 0.4) is 0 Å². The highest BCUT2D eigenvalue weighted by Gasteiger charge is 2.29. The van der Waals surface area contributed by atoms with Crippen molar-refractivity contribution in [1.82, 2.24) is 29.9 Å². The Hall–Kier alpha value is -1.54. The molecule has 1 aliphatic rings. The van der Waals surface area contributed by atoms with Gasteiger partial charge < -0.3 is 5.32 Å². The van der Waals surface area contributed by atoms with E-state index < -0.39 is 0 Å². The number of aromatic nitrogens is 5. The van der Waals surface area contributed by atoms with Gasteiger partial charge in [0.25, 0.3) is 0 Å². The van der Waals surface area contributed by atoms with Crippen LogP contribution >= 0.6 is 11.8 Å². The number of nitrogens with one attached hydrogen (secondary N) is 2. The van der Waals surface area contributed by atoms with Gasteiger partial charge in [-0.25, -0.2) is 9.89 Å². The summed E-state index contributed by atoms with van der Waals surface area (Å²) in [4.78, 5) is 11.9. The number of rotatable bonds is 6. The number of aryl methyl sites for hydroxylation is 2. The third-order valence-corrected chi connectivity index (χ3v) is 4.79. The Morgan fingerprint density at radius 3 is 2.90 bits per heavy atom. The van der Waals surface area contributed by atoms with Gasteiger partial charge in [-0.15, -0.1) is 5.10 Å². The predicted molar refractivity (Wildman–Crippen MR) is 80.6 cm³/mol. The lowest BCUT2D eigenvalue weighted by Crippen LogP contribution is -2.16. The second kappa shape index (κ2) is 5.69. The number of H-pyrrole nitrogens is 1. The van der Waals surface area contributed by atoms with Gasteiger partial charge in [-0.3, -0.25) is 9.25 Å². The van der Waals surface area contributed by atoms with Crippen molar-refractivity contribution in [3.05, 3.63) is 21.7 Å². The van der Waals surface area contributed by atoms with Crippen LogP contribution in [0.4, 0.5) is 0 Å². The highest BCUT2D eigenvalue weighted by molar-refractivity contribution is 7.99. The highest BCUT2D eigenvalue weighted by Crippen LogP contribution is 2.38. The van der Waals surface area contributed by atoms with Crippen molar-refractivity contribution >= 4 is 11.8 Å². The summed E-state index contributed by atoms with van der Waals surface area (Å²) < 4.78 is 3.63. The molecule has 0 aromatic carbocycles. The van der Waals surface area contributed by atoms with Gasteiger partial charge in [0.2, 0.25) is 0 Å². The Labute approximate surface area is 127 Å². The van der Waals surface area contributed by atoms with Crippen molar-refractivity contribution in [1.29, 1.82) is 0 Å². The molecule has 2 aromatic heterocycles. The zero-order valence-electron chi connectivity index (χ0n) is 12.5. The molecule has 7 nitrogen and oxygen atoms in total. The molecule has 1 fully saturated rings. The van der Waals surface area contributed by atoms with Gasteiger partial charge in [0.05, 0.1) is 5.69 Å². The SMILES string of the molecule is CCNCc1c(C)nn(C)c1Sc1n[nH]c(=O)n1C1CC1. The van der Waals surface area contributed by atoms with Crippen LogP contribution in [0.5, 0.6) is 0 Å². The summed E-state index contributed by atoms with van der Waals surface area (Å²) in [5, 5.41) is 16.3. The molecule has 3 rings (SSSR count). The summed E-state index contributed by atoms with van der Waals surface area (Å²) in [5.41, 5.74) is 2.06. The monoisotopic (exact) mass is 308 g/mol. The molecule has 2 aromatic rings. The summed E-state index contributed by atoms with van der Waals surface area (Å²) in [7, 11) is 1.93. The van der Waals surface area contributed by atoms with Crippen LogP contribution in [0.15, 0.2) is 15.0 Å². The van der Waals surface area contributed by atoms with Crippen LogP contribution in [-0.2, 0) is 13.6 Å². The molecule has 0 atom stereocenters. The van der Waals surface area contributed by atoms with Gasteiger partial charge in [-0.2, -0.15) is 5.10 Å². The second-order valence-electron chi connectivity index (χ2n) is 5.29. The van der Waals surface area contributed by atoms with Gasteiger partial charge in [0.1, 0.15) is 5.03 Å². The fourth-order valence-electron chi connectivity index (χ4n) is 2.37. The molecule has 0 aliphatic heterocycles. The quantitative estimate of drug-likeness (QED) is 0.838. The Bertz CT molecular complexity index is 696. The van der Waals surface area contributed by atoms with E-state index in [4.69, 9.17) is 0 Å². The van der Waals surface area contributed by atoms with Crippen LogP contribution < -0.4 is 11.0 Å². The maximum absolute atomic E-state index is 11.9. The number of hydrogen-bond acceptors (Lipinski definition) is 5. The maximum atomic E-state index is 11.9. The topological polar surface area (TPSA) is 80.5 Å². The lowest BCUT2D eigenvalue weighted by Gasteiger charge is -2.07. The van der Waals surface area contributed by atoms with Crippen LogP contribution in [-0.4, -0.2) is 31.1 Å². The van der Waals surface area contributed by atoms with E-state index in [0.29, 0.717) is 6.04 Å². The summed E-state index contributed by atoms with van der Waals surface area (Å²) >= 11 is 1.51. The third kappa shape index (κ3) is 2.77. The van der Waals surface area contributed by atoms with Gasteiger partial charge in [0.15, 0.2) is 5.16 Å². The number of hydrogen-bond donors (Lipinski definition) is 2. The minimum Gasteiger partial charge on any atom is -0.313 e. The molecule has 21 heavy (non-hydrogen) atoms. The van der Waals surface area contributed by atoms with E-state index in [1.807, 2.05) is 18.7 Å². The standard InChI is InChI=1S/C13H20N6OS/c1-4-14-7-10-8(2)17-18(3)11(10)21-13-16-15-12(20)19(13)9-5-6-9/h9,14H,4-7H2,1-3H3,(H,15,20). The highest BCUT2D eigenvalue weighted by atomic mass is 32.2. The molecular formula is C13H20N6OS. The average molecular weight is 308 g/mol. The van der Waals surface area contributed by atoms with E-state index in [1.165, 1.54) is 17.3 Å². The van der Waals surface area contributed by atoms with Crippen LogP contribution in [0.1, 0.15) is 37.1 Å². The summed E-state index contributed by atoms with van der Waals surface area (Å²) in [5.74, 6) is 0. The molecule has 1 aliphatic carbocycles. The van der Waals surface area contributed by atoms with E-state index in [-0.39, 0.29) is 5.69 Å². The van der Waals surface area contributed by atoms with Crippen molar-refractivity contribution < 1.29 is 0 Å². The summed E-state index contributed by atoms with van der Waals surface area (Å²) in [6.45, 7) is 5.77. The van der Waals surface area contributed by atoms with Crippen LogP contribution in [0.2, 0.25) is 0 Å². The Kier molecular flexibility index (Phi) is 3.90. The molecule has 8 heteroatoms. The smallest absolute Gasteiger partial charge is 0.313 e. The second-order valence-corrected chi connectivity index (χ2v) is 6.24. The first kappa shape index (κ1) is 14.4. The Morgan fingerprint density at radius 2 is 2.24 bits per heavy atom. The van der Waals surface area contributed by atoms with Gasteiger partial charge in [-0.1, -0.05) is 6.92 Å². The molecule has 0 unspecified atom stereocenters. The maximum Gasteiger partial charge on any atom is 0.344 e. The molecule has 1 saturated carbocycles. The first-order valence-corrected chi connectivity index (χ1v) is 8.01. The van der Waals surface area contributed by atoms with Crippen molar-refractivity contribution in [2.45, 2.75) is 49.5 Å². The van der Waals surface area contributed by atoms with E-state index in [9.17, 15) is 4.79 Å². The van der Waals surface area contributed by atoms with E-state index in [1.54, 1.807) is 4.57 Å². The number of nitrogens with zero attached hydrogens (tertiary/aromatic N) is 4. The lowest BCUT2D eigenvalue weighted by atomic mass is 10.2. The lowest BCUT2D eigenvalue weighted by molar-refractivity contribution is 0.635. The van der Waals surface area contributed by atoms with Crippen LogP contribution in [0, 0.1) is 6.92 Å². The van der Waals surface area contributed by atoms with Gasteiger partial charge >= 0.3 is 5.69 Å². The van der Waals surface area contributed by atoms with Crippen molar-refractivity contribution in [2.75, 3.05) is 6.54 Å². The van der Waals surface area contributed by atoms with Crippen LogP contribution in [0.25, 0.3) is 0 Å². The third-order valence-electron chi connectivity index (χ3n) is 3.61. The molecule has 0 saturated heterocycles. The minimum absolute atomic E-state index is 0.118. The van der Waals surface area contributed by atoms with Crippen molar-refractivity contribution in [3.8, 4) is 0 Å². The van der Waals surface area contributed by atoms with Gasteiger partial charge in [0, 0.05) is 25.2 Å². The normalized spacial score (nSPS) is 14.8. The Morgan fingerprint density at radius 1 is 1.48 bits per heavy atom. The fourth-order valence-corrected chi connectivity index (χ4v) is 3.48. The molecule has 2 heterocycles. The largest absolute Gasteiger partial charge is 0.344 e. The van der Waals surface area contributed by atoms with E-state index in [2.05, 4.69) is 27.5 Å². The molecule has 0 bridgehead atoms. The van der Waals surface area contributed by atoms with E-state index in [0.717, 1.165) is 41.8 Å². The molecule has 0 spiro atoms. The zero-order chi connectivity index (χ0) is 15.0. The summed E-state index contributed by atoms with van der Waals surface area (Å²) in [6.07, 6.45) is 2.11. The Balaban J connectivity index is 1.93. The number of aromatic amines is 1. The van der Waals surface area contributed by atoms with E-state index >= 15 is 0 Å². The van der Waals surface area contributed by atoms with Crippen molar-refractivity contribution in [3.63, 3.8) is 0 Å². The molecule has 114 valence electrons. The van der Waals surface area contributed by atoms with Crippen molar-refractivity contribution in [2.24, 2.45) is 7.05 Å². The average Bonchev–Trinajstić information content (AvgIpc) is 3.16.